The van der Waals surface area contributed by atoms with Gasteiger partial charge >= 0.3 is 0 Å². The largest absolute Gasteiger partial charge is 0.370 e. The molecule has 1 aromatic carbocycles. The fourth-order valence-electron chi connectivity index (χ4n) is 1.83. The Bertz CT molecular complexity index is 584. The van der Waals surface area contributed by atoms with E-state index in [1.165, 1.54) is 29.5 Å². The lowest BCUT2D eigenvalue weighted by molar-refractivity contribution is -0.384. The fourth-order valence-corrected chi connectivity index (χ4v) is 1.83. The lowest BCUT2D eigenvalue weighted by Gasteiger charge is -2.06. The number of benzene rings is 1. The molecule has 0 saturated carbocycles. The van der Waals surface area contributed by atoms with E-state index in [1.807, 2.05) is 6.07 Å². The Morgan fingerprint density at radius 1 is 1.32 bits per heavy atom. The van der Waals surface area contributed by atoms with Gasteiger partial charge in [-0.1, -0.05) is 29.8 Å². The van der Waals surface area contributed by atoms with Crippen molar-refractivity contribution in [1.29, 1.82) is 0 Å². The number of aryl methyl sites for hydroxylation is 1. The standard InChI is InChI=1S/C14H15N3O2/c1-11-3-2-4-12(9-11)5-7-15-14-10-13(17(18)19)6-8-16-14/h2-4,6,8-10H,5,7H2,1H3,(H,15,16). The van der Waals surface area contributed by atoms with Crippen molar-refractivity contribution in [2.75, 3.05) is 11.9 Å². The minimum Gasteiger partial charge on any atom is -0.370 e. The van der Waals surface area contributed by atoms with Crippen LogP contribution in [-0.2, 0) is 6.42 Å². The third-order valence-corrected chi connectivity index (χ3v) is 2.76. The predicted octanol–water partition coefficient (Wildman–Crippen LogP) is 2.95. The van der Waals surface area contributed by atoms with Crippen LogP contribution in [0.1, 0.15) is 11.1 Å². The summed E-state index contributed by atoms with van der Waals surface area (Å²) < 4.78 is 0. The molecule has 1 aromatic heterocycles. The summed E-state index contributed by atoms with van der Waals surface area (Å²) in [6.07, 6.45) is 2.29. The van der Waals surface area contributed by atoms with E-state index in [4.69, 9.17) is 0 Å². The molecule has 98 valence electrons. The number of nitro groups is 1. The van der Waals surface area contributed by atoms with Gasteiger partial charge in [-0.05, 0) is 18.9 Å². The second-order valence-electron chi connectivity index (χ2n) is 4.32. The van der Waals surface area contributed by atoms with Crippen molar-refractivity contribution in [1.82, 2.24) is 4.98 Å². The molecule has 0 saturated heterocycles. The number of rotatable bonds is 5. The van der Waals surface area contributed by atoms with Crippen LogP contribution in [0.3, 0.4) is 0 Å². The van der Waals surface area contributed by atoms with Crippen LogP contribution < -0.4 is 5.32 Å². The highest BCUT2D eigenvalue weighted by molar-refractivity contribution is 5.44. The zero-order chi connectivity index (χ0) is 13.7. The number of hydrogen-bond donors (Lipinski definition) is 1. The van der Waals surface area contributed by atoms with Crippen molar-refractivity contribution in [3.63, 3.8) is 0 Å². The van der Waals surface area contributed by atoms with Gasteiger partial charge in [0.2, 0.25) is 0 Å². The molecule has 0 atom stereocenters. The lowest BCUT2D eigenvalue weighted by Crippen LogP contribution is -2.06. The van der Waals surface area contributed by atoms with Gasteiger partial charge < -0.3 is 5.32 Å². The number of pyridine rings is 1. The first kappa shape index (κ1) is 13.0. The van der Waals surface area contributed by atoms with Crippen molar-refractivity contribution < 1.29 is 4.92 Å². The first-order valence-electron chi connectivity index (χ1n) is 6.05. The number of hydrogen-bond acceptors (Lipinski definition) is 4. The molecule has 0 unspecified atom stereocenters. The smallest absolute Gasteiger partial charge is 0.274 e. The second kappa shape index (κ2) is 5.95. The summed E-state index contributed by atoms with van der Waals surface area (Å²) >= 11 is 0. The molecule has 5 nitrogen and oxygen atoms in total. The van der Waals surface area contributed by atoms with E-state index in [2.05, 4.69) is 35.4 Å². The molecule has 5 heteroatoms. The normalized spacial score (nSPS) is 10.2. The summed E-state index contributed by atoms with van der Waals surface area (Å²) in [6, 6.07) is 11.1. The molecule has 19 heavy (non-hydrogen) atoms. The Hall–Kier alpha value is -2.43. The number of nitrogens with zero attached hydrogens (tertiary/aromatic N) is 2. The van der Waals surface area contributed by atoms with Gasteiger partial charge in [0.05, 0.1) is 11.0 Å². The number of anilines is 1. The SMILES string of the molecule is Cc1cccc(CCNc2cc([N+](=O)[O-])ccn2)c1. The molecule has 0 radical (unpaired) electrons. The lowest BCUT2D eigenvalue weighted by atomic mass is 10.1. The average Bonchev–Trinajstić information content (AvgIpc) is 2.39. The van der Waals surface area contributed by atoms with Gasteiger partial charge in [0.1, 0.15) is 5.82 Å². The fraction of sp³-hybridized carbons (Fsp3) is 0.214. The Kier molecular flexibility index (Phi) is 4.07. The van der Waals surface area contributed by atoms with Crippen LogP contribution >= 0.6 is 0 Å². The van der Waals surface area contributed by atoms with Crippen LogP contribution in [0.25, 0.3) is 0 Å². The van der Waals surface area contributed by atoms with Gasteiger partial charge in [-0.3, -0.25) is 10.1 Å². The summed E-state index contributed by atoms with van der Waals surface area (Å²) in [6.45, 7) is 2.75. The molecule has 2 rings (SSSR count). The van der Waals surface area contributed by atoms with Gasteiger partial charge in [0.25, 0.3) is 5.69 Å². The summed E-state index contributed by atoms with van der Waals surface area (Å²) in [5.41, 5.74) is 2.51. The van der Waals surface area contributed by atoms with Crippen molar-refractivity contribution in [2.45, 2.75) is 13.3 Å². The highest BCUT2D eigenvalue weighted by Gasteiger charge is 2.06. The maximum atomic E-state index is 10.6. The van der Waals surface area contributed by atoms with E-state index in [9.17, 15) is 10.1 Å². The maximum Gasteiger partial charge on any atom is 0.274 e. The summed E-state index contributed by atoms with van der Waals surface area (Å²) in [7, 11) is 0. The van der Waals surface area contributed by atoms with E-state index in [-0.39, 0.29) is 5.69 Å². The van der Waals surface area contributed by atoms with Gasteiger partial charge in [-0.15, -0.1) is 0 Å². The quantitative estimate of drug-likeness (QED) is 0.660. The number of nitrogens with one attached hydrogen (secondary N) is 1. The Morgan fingerprint density at radius 3 is 2.89 bits per heavy atom. The van der Waals surface area contributed by atoms with Crippen LogP contribution in [-0.4, -0.2) is 16.5 Å². The molecule has 0 bridgehead atoms. The molecule has 2 aromatic rings. The molecular formula is C14H15N3O2. The topological polar surface area (TPSA) is 68.1 Å². The maximum absolute atomic E-state index is 10.6. The highest BCUT2D eigenvalue weighted by Crippen LogP contribution is 2.14. The van der Waals surface area contributed by atoms with Crippen molar-refractivity contribution in [3.8, 4) is 0 Å². The van der Waals surface area contributed by atoms with Crippen LogP contribution in [0.5, 0.6) is 0 Å². The van der Waals surface area contributed by atoms with E-state index in [1.54, 1.807) is 0 Å². The molecule has 0 spiro atoms. The van der Waals surface area contributed by atoms with Crippen LogP contribution in [0, 0.1) is 17.0 Å². The van der Waals surface area contributed by atoms with Crippen molar-refractivity contribution in [3.05, 3.63) is 63.8 Å². The van der Waals surface area contributed by atoms with Crippen molar-refractivity contribution in [2.24, 2.45) is 0 Å². The van der Waals surface area contributed by atoms with Gasteiger partial charge in [0, 0.05) is 18.8 Å². The minimum absolute atomic E-state index is 0.0491. The third kappa shape index (κ3) is 3.77. The monoisotopic (exact) mass is 257 g/mol. The second-order valence-corrected chi connectivity index (χ2v) is 4.32. The van der Waals surface area contributed by atoms with E-state index in [0.29, 0.717) is 12.4 Å². The molecule has 0 amide bonds. The van der Waals surface area contributed by atoms with Gasteiger partial charge in [0.15, 0.2) is 0 Å². The summed E-state index contributed by atoms with van der Waals surface area (Å²) in [4.78, 5) is 14.3. The number of aromatic nitrogens is 1. The van der Waals surface area contributed by atoms with Gasteiger partial charge in [-0.2, -0.15) is 0 Å². The first-order valence-corrected chi connectivity index (χ1v) is 6.05. The molecule has 0 aliphatic carbocycles. The zero-order valence-corrected chi connectivity index (χ0v) is 10.7. The van der Waals surface area contributed by atoms with Gasteiger partial charge in [-0.25, -0.2) is 4.98 Å². The molecular weight excluding hydrogens is 242 g/mol. The molecule has 0 aliphatic rings. The third-order valence-electron chi connectivity index (χ3n) is 2.76. The molecule has 1 N–H and O–H groups in total. The minimum atomic E-state index is -0.423. The van der Waals surface area contributed by atoms with E-state index in [0.717, 1.165) is 6.42 Å². The Labute approximate surface area is 111 Å². The molecule has 0 aliphatic heterocycles. The highest BCUT2D eigenvalue weighted by atomic mass is 16.6. The Morgan fingerprint density at radius 2 is 2.16 bits per heavy atom. The van der Waals surface area contributed by atoms with E-state index < -0.39 is 4.92 Å². The molecule has 1 heterocycles. The van der Waals surface area contributed by atoms with Crippen molar-refractivity contribution >= 4 is 11.5 Å². The summed E-state index contributed by atoms with van der Waals surface area (Å²) in [5, 5.41) is 13.7. The average molecular weight is 257 g/mol. The summed E-state index contributed by atoms with van der Waals surface area (Å²) in [5.74, 6) is 0.529. The Balaban J connectivity index is 1.92. The van der Waals surface area contributed by atoms with Crippen LogP contribution in [0.4, 0.5) is 11.5 Å². The van der Waals surface area contributed by atoms with Crippen LogP contribution in [0.15, 0.2) is 42.6 Å². The predicted molar refractivity (Wildman–Crippen MR) is 74.3 cm³/mol. The first-order chi connectivity index (χ1) is 9.15. The van der Waals surface area contributed by atoms with Crippen LogP contribution in [0.2, 0.25) is 0 Å². The molecule has 0 fully saturated rings. The zero-order valence-electron chi connectivity index (χ0n) is 10.7. The van der Waals surface area contributed by atoms with E-state index >= 15 is 0 Å².